The summed E-state index contributed by atoms with van der Waals surface area (Å²) in [5, 5.41) is 9.73. The van der Waals surface area contributed by atoms with Crippen molar-refractivity contribution in [3.63, 3.8) is 0 Å². The number of aromatic nitrogens is 2. The van der Waals surface area contributed by atoms with Gasteiger partial charge in [-0.25, -0.2) is 0 Å². The van der Waals surface area contributed by atoms with Gasteiger partial charge in [-0.3, -0.25) is 14.3 Å². The monoisotopic (exact) mass is 470 g/mol. The van der Waals surface area contributed by atoms with Crippen LogP contribution in [0.4, 0.5) is 0 Å². The third-order valence-electron chi connectivity index (χ3n) is 6.03. The molecule has 0 saturated carbocycles. The van der Waals surface area contributed by atoms with E-state index in [1.165, 1.54) is 10.4 Å². The molecule has 5 rings (SSSR count). The molecule has 7 heteroatoms. The predicted octanol–water partition coefficient (Wildman–Crippen LogP) is 4.36. The number of hydrogen-bond acceptors (Lipinski definition) is 4. The van der Waals surface area contributed by atoms with Crippen LogP contribution in [0.2, 0.25) is 0 Å². The molecule has 2 aromatic heterocycles. The maximum Gasteiger partial charge on any atom is 0.255 e. The van der Waals surface area contributed by atoms with Gasteiger partial charge in [0.2, 0.25) is 5.91 Å². The van der Waals surface area contributed by atoms with Crippen LogP contribution < -0.4 is 5.32 Å². The number of nitrogens with zero attached hydrogens (tertiary/aromatic N) is 3. The first-order valence-electron chi connectivity index (χ1n) is 11.5. The van der Waals surface area contributed by atoms with Crippen molar-refractivity contribution in [3.05, 3.63) is 99.9 Å². The summed E-state index contributed by atoms with van der Waals surface area (Å²) in [6.45, 7) is 2.27. The molecule has 0 fully saturated rings. The lowest BCUT2D eigenvalue weighted by Crippen LogP contribution is -2.37. The Morgan fingerprint density at radius 2 is 1.76 bits per heavy atom. The Hall–Kier alpha value is -3.71. The zero-order chi connectivity index (χ0) is 23.3. The molecule has 0 bridgehead atoms. The molecule has 3 heterocycles. The molecule has 172 valence electrons. The number of benzene rings is 2. The van der Waals surface area contributed by atoms with E-state index in [0.717, 1.165) is 24.1 Å². The molecule has 1 N–H and O–H groups in total. The van der Waals surface area contributed by atoms with Gasteiger partial charge in [0.05, 0.1) is 12.1 Å². The molecule has 0 radical (unpaired) electrons. The number of hydrogen-bond donors (Lipinski definition) is 1. The Bertz CT molecular complexity index is 1280. The van der Waals surface area contributed by atoms with E-state index in [9.17, 15) is 9.59 Å². The molecule has 2 amide bonds. The smallest absolute Gasteiger partial charge is 0.255 e. The summed E-state index contributed by atoms with van der Waals surface area (Å²) in [6.07, 6.45) is 2.98. The van der Waals surface area contributed by atoms with Gasteiger partial charge in [0.15, 0.2) is 0 Å². The van der Waals surface area contributed by atoms with Crippen LogP contribution in [0.15, 0.2) is 78.3 Å². The zero-order valence-corrected chi connectivity index (χ0v) is 19.6. The molecular formula is C27H26N4O2S. The average Bonchev–Trinajstić information content (AvgIpc) is 3.52. The second kappa shape index (κ2) is 10.1. The fourth-order valence-electron chi connectivity index (χ4n) is 4.25. The van der Waals surface area contributed by atoms with Gasteiger partial charge in [0.25, 0.3) is 5.91 Å². The highest BCUT2D eigenvalue weighted by Crippen LogP contribution is 2.25. The Balaban J connectivity index is 1.25. The topological polar surface area (TPSA) is 67.2 Å². The van der Waals surface area contributed by atoms with Gasteiger partial charge in [-0.15, -0.1) is 11.3 Å². The van der Waals surface area contributed by atoms with E-state index < -0.39 is 0 Å². The molecule has 2 aromatic carbocycles. The normalized spacial score (nSPS) is 12.9. The fraction of sp³-hybridized carbons (Fsp3) is 0.222. The lowest BCUT2D eigenvalue weighted by Gasteiger charge is -2.27. The molecule has 0 spiro atoms. The molecule has 0 atom stereocenters. The van der Waals surface area contributed by atoms with E-state index in [1.807, 2.05) is 65.6 Å². The van der Waals surface area contributed by atoms with Gasteiger partial charge in [-0.1, -0.05) is 60.7 Å². The Labute approximate surface area is 202 Å². The molecule has 6 nitrogen and oxygen atoms in total. The van der Waals surface area contributed by atoms with Crippen molar-refractivity contribution in [2.24, 2.45) is 0 Å². The predicted molar refractivity (Wildman–Crippen MR) is 134 cm³/mol. The zero-order valence-electron chi connectivity index (χ0n) is 18.8. The van der Waals surface area contributed by atoms with Crippen LogP contribution in [0, 0.1) is 0 Å². The summed E-state index contributed by atoms with van der Waals surface area (Å²) in [4.78, 5) is 29.1. The van der Waals surface area contributed by atoms with E-state index in [0.29, 0.717) is 30.9 Å². The first kappa shape index (κ1) is 22.1. The number of thiophene rings is 1. The number of nitrogens with one attached hydrogen (secondary N) is 1. The van der Waals surface area contributed by atoms with Crippen LogP contribution in [-0.4, -0.2) is 39.6 Å². The fourth-order valence-corrected chi connectivity index (χ4v) is 5.14. The molecule has 0 unspecified atom stereocenters. The summed E-state index contributed by atoms with van der Waals surface area (Å²) in [5.41, 5.74) is 4.39. The van der Waals surface area contributed by atoms with Gasteiger partial charge in [-0.2, -0.15) is 5.10 Å². The van der Waals surface area contributed by atoms with Gasteiger partial charge in [0, 0.05) is 42.7 Å². The SMILES string of the molecule is O=C(NCCC(=O)N1CCc2sccc2C1)c1cn(Cc2ccccc2)nc1-c1ccccc1. The van der Waals surface area contributed by atoms with Crippen LogP contribution in [-0.2, 0) is 24.3 Å². The highest BCUT2D eigenvalue weighted by atomic mass is 32.1. The minimum atomic E-state index is -0.218. The van der Waals surface area contributed by atoms with Crippen molar-refractivity contribution >= 4 is 23.2 Å². The minimum Gasteiger partial charge on any atom is -0.351 e. The second-order valence-electron chi connectivity index (χ2n) is 8.38. The third-order valence-corrected chi connectivity index (χ3v) is 7.05. The minimum absolute atomic E-state index is 0.0696. The number of fused-ring (bicyclic) bond motifs is 1. The first-order chi connectivity index (χ1) is 16.7. The first-order valence-corrected chi connectivity index (χ1v) is 12.3. The van der Waals surface area contributed by atoms with Crippen molar-refractivity contribution in [2.75, 3.05) is 13.1 Å². The summed E-state index contributed by atoms with van der Waals surface area (Å²) in [5.74, 6) is -0.148. The van der Waals surface area contributed by atoms with Gasteiger partial charge >= 0.3 is 0 Å². The van der Waals surface area contributed by atoms with Gasteiger partial charge in [-0.05, 0) is 29.0 Å². The Morgan fingerprint density at radius 1 is 1.00 bits per heavy atom. The Kier molecular flexibility index (Phi) is 6.53. The van der Waals surface area contributed by atoms with E-state index in [2.05, 4.69) is 16.8 Å². The van der Waals surface area contributed by atoms with Crippen LogP contribution in [0.3, 0.4) is 0 Å². The third kappa shape index (κ3) is 4.94. The van der Waals surface area contributed by atoms with E-state index >= 15 is 0 Å². The quantitative estimate of drug-likeness (QED) is 0.436. The Morgan fingerprint density at radius 3 is 2.56 bits per heavy atom. The molecule has 0 aliphatic carbocycles. The number of carbonyl (C=O) groups is 2. The van der Waals surface area contributed by atoms with Crippen molar-refractivity contribution < 1.29 is 9.59 Å². The average molecular weight is 471 g/mol. The summed E-state index contributed by atoms with van der Waals surface area (Å²) >= 11 is 1.76. The maximum absolute atomic E-state index is 13.1. The van der Waals surface area contributed by atoms with Crippen LogP contribution >= 0.6 is 11.3 Å². The van der Waals surface area contributed by atoms with Crippen molar-refractivity contribution in [1.82, 2.24) is 20.0 Å². The van der Waals surface area contributed by atoms with Crippen molar-refractivity contribution in [3.8, 4) is 11.3 Å². The van der Waals surface area contributed by atoms with E-state index in [4.69, 9.17) is 5.10 Å². The van der Waals surface area contributed by atoms with Gasteiger partial charge in [0.1, 0.15) is 5.69 Å². The standard InChI is InChI=1S/C27H26N4O2S/c32-25(30-15-12-24-22(18-30)13-16-34-24)11-14-28-27(33)23-19-31(17-20-7-3-1-4-8-20)29-26(23)21-9-5-2-6-10-21/h1-10,13,16,19H,11-12,14-15,17-18H2,(H,28,33). The molecule has 4 aromatic rings. The lowest BCUT2D eigenvalue weighted by atomic mass is 10.1. The summed E-state index contributed by atoms with van der Waals surface area (Å²) in [7, 11) is 0. The highest BCUT2D eigenvalue weighted by molar-refractivity contribution is 7.10. The summed E-state index contributed by atoms with van der Waals surface area (Å²) in [6, 6.07) is 21.8. The number of amides is 2. The van der Waals surface area contributed by atoms with Crippen LogP contribution in [0.5, 0.6) is 0 Å². The van der Waals surface area contributed by atoms with Crippen molar-refractivity contribution in [1.29, 1.82) is 0 Å². The second-order valence-corrected chi connectivity index (χ2v) is 9.38. The summed E-state index contributed by atoms with van der Waals surface area (Å²) < 4.78 is 1.80. The molecule has 34 heavy (non-hydrogen) atoms. The van der Waals surface area contributed by atoms with E-state index in [1.54, 1.807) is 22.2 Å². The maximum atomic E-state index is 13.1. The van der Waals surface area contributed by atoms with Crippen LogP contribution in [0.25, 0.3) is 11.3 Å². The van der Waals surface area contributed by atoms with Crippen molar-refractivity contribution in [2.45, 2.75) is 25.9 Å². The number of rotatable bonds is 7. The molecular weight excluding hydrogens is 444 g/mol. The largest absolute Gasteiger partial charge is 0.351 e. The van der Waals surface area contributed by atoms with E-state index in [-0.39, 0.29) is 18.2 Å². The molecule has 1 aliphatic rings. The van der Waals surface area contributed by atoms with Gasteiger partial charge < -0.3 is 10.2 Å². The molecule has 0 saturated heterocycles. The number of carbonyl (C=O) groups excluding carboxylic acids is 2. The van der Waals surface area contributed by atoms with Crippen LogP contribution in [0.1, 0.15) is 32.8 Å². The highest BCUT2D eigenvalue weighted by Gasteiger charge is 2.22. The molecule has 1 aliphatic heterocycles. The lowest BCUT2D eigenvalue weighted by molar-refractivity contribution is -0.131.